The van der Waals surface area contributed by atoms with Crippen LogP contribution in [0.1, 0.15) is 10.4 Å². The summed E-state index contributed by atoms with van der Waals surface area (Å²) in [6.45, 7) is 5.15. The Bertz CT molecular complexity index is 448. The van der Waals surface area contributed by atoms with E-state index >= 15 is 0 Å². The Labute approximate surface area is 111 Å². The molecule has 0 saturated carbocycles. The third-order valence-corrected chi connectivity index (χ3v) is 3.13. The van der Waals surface area contributed by atoms with Crippen molar-refractivity contribution in [2.45, 2.75) is 0 Å². The summed E-state index contributed by atoms with van der Waals surface area (Å²) in [5.41, 5.74) is 0.0988. The fourth-order valence-electron chi connectivity index (χ4n) is 2.05. The fourth-order valence-corrected chi connectivity index (χ4v) is 2.05. The number of hydrogen-bond donors (Lipinski definition) is 3. The Morgan fingerprint density at radius 2 is 2.16 bits per heavy atom. The van der Waals surface area contributed by atoms with Crippen LogP contribution < -0.4 is 10.6 Å². The van der Waals surface area contributed by atoms with Crippen LogP contribution in [0, 0.1) is 5.82 Å². The SMILES string of the molecule is O=C(NCCN1CCNCC1)c1ccc(F)cc1O. The minimum atomic E-state index is -0.560. The number of amides is 1. The number of rotatable bonds is 4. The second-order valence-electron chi connectivity index (χ2n) is 4.51. The average Bonchev–Trinajstić information content (AvgIpc) is 2.39. The molecule has 1 saturated heterocycles. The smallest absolute Gasteiger partial charge is 0.255 e. The molecule has 1 heterocycles. The minimum Gasteiger partial charge on any atom is -0.507 e. The standard InChI is InChI=1S/C13H18FN3O2/c14-10-1-2-11(12(18)9-10)13(19)16-5-8-17-6-3-15-4-7-17/h1-2,9,15,18H,3-8H2,(H,16,19). The zero-order valence-electron chi connectivity index (χ0n) is 10.7. The number of carbonyl (C=O) groups excluding carboxylic acids is 1. The van der Waals surface area contributed by atoms with E-state index in [9.17, 15) is 14.3 Å². The van der Waals surface area contributed by atoms with Crippen molar-refractivity contribution in [2.75, 3.05) is 39.3 Å². The molecule has 0 aliphatic carbocycles. The highest BCUT2D eigenvalue weighted by atomic mass is 19.1. The van der Waals surface area contributed by atoms with Crippen LogP contribution in [0.25, 0.3) is 0 Å². The molecule has 0 spiro atoms. The number of aromatic hydroxyl groups is 1. The van der Waals surface area contributed by atoms with Gasteiger partial charge in [-0.15, -0.1) is 0 Å². The van der Waals surface area contributed by atoms with Crippen molar-refractivity contribution in [3.8, 4) is 5.75 Å². The highest BCUT2D eigenvalue weighted by Gasteiger charge is 2.13. The van der Waals surface area contributed by atoms with Crippen LogP contribution in [0.2, 0.25) is 0 Å². The highest BCUT2D eigenvalue weighted by molar-refractivity contribution is 5.96. The topological polar surface area (TPSA) is 64.6 Å². The van der Waals surface area contributed by atoms with Crippen LogP contribution in [-0.4, -0.2) is 55.2 Å². The third kappa shape index (κ3) is 3.90. The highest BCUT2D eigenvalue weighted by Crippen LogP contribution is 2.17. The number of benzene rings is 1. The summed E-state index contributed by atoms with van der Waals surface area (Å²) in [5, 5.41) is 15.5. The van der Waals surface area contributed by atoms with Gasteiger partial charge < -0.3 is 15.7 Å². The van der Waals surface area contributed by atoms with E-state index in [1.807, 2.05) is 0 Å². The summed E-state index contributed by atoms with van der Waals surface area (Å²) < 4.78 is 12.8. The zero-order valence-corrected chi connectivity index (χ0v) is 10.7. The summed E-state index contributed by atoms with van der Waals surface area (Å²) in [5.74, 6) is -1.28. The van der Waals surface area contributed by atoms with Gasteiger partial charge in [-0.3, -0.25) is 9.69 Å². The number of halogens is 1. The number of phenolic OH excluding ortho intramolecular Hbond substituents is 1. The first kappa shape index (κ1) is 13.8. The molecule has 3 N–H and O–H groups in total. The Hall–Kier alpha value is -1.66. The molecule has 1 aliphatic rings. The summed E-state index contributed by atoms with van der Waals surface area (Å²) in [6, 6.07) is 3.38. The molecule has 0 unspecified atom stereocenters. The molecule has 0 radical (unpaired) electrons. The summed E-state index contributed by atoms with van der Waals surface area (Å²) in [7, 11) is 0. The van der Waals surface area contributed by atoms with E-state index < -0.39 is 5.82 Å². The second kappa shape index (κ2) is 6.49. The normalized spacial score (nSPS) is 16.3. The molecule has 1 amide bonds. The first-order valence-electron chi connectivity index (χ1n) is 6.36. The molecule has 0 bridgehead atoms. The predicted molar refractivity (Wildman–Crippen MR) is 69.7 cm³/mol. The van der Waals surface area contributed by atoms with E-state index in [-0.39, 0.29) is 17.2 Å². The lowest BCUT2D eigenvalue weighted by Crippen LogP contribution is -2.46. The van der Waals surface area contributed by atoms with Crippen LogP contribution >= 0.6 is 0 Å². The van der Waals surface area contributed by atoms with Crippen LogP contribution in [-0.2, 0) is 0 Å². The van der Waals surface area contributed by atoms with E-state index in [0.29, 0.717) is 6.54 Å². The fraction of sp³-hybridized carbons (Fsp3) is 0.462. The molecule has 1 fully saturated rings. The van der Waals surface area contributed by atoms with Gasteiger partial charge in [-0.05, 0) is 12.1 Å². The van der Waals surface area contributed by atoms with Crippen molar-refractivity contribution in [1.82, 2.24) is 15.5 Å². The molecular weight excluding hydrogens is 249 g/mol. The monoisotopic (exact) mass is 267 g/mol. The molecule has 1 aromatic rings. The number of piperazine rings is 1. The van der Waals surface area contributed by atoms with Gasteiger partial charge in [0.1, 0.15) is 11.6 Å². The number of nitrogens with zero attached hydrogens (tertiary/aromatic N) is 1. The van der Waals surface area contributed by atoms with Crippen molar-refractivity contribution < 1.29 is 14.3 Å². The molecular formula is C13H18FN3O2. The first-order chi connectivity index (χ1) is 9.16. The lowest BCUT2D eigenvalue weighted by Gasteiger charge is -2.27. The van der Waals surface area contributed by atoms with Gasteiger partial charge in [0.05, 0.1) is 5.56 Å². The van der Waals surface area contributed by atoms with Gasteiger partial charge >= 0.3 is 0 Å². The molecule has 1 aromatic carbocycles. The number of phenols is 1. The molecule has 2 rings (SSSR count). The van der Waals surface area contributed by atoms with E-state index in [4.69, 9.17) is 0 Å². The van der Waals surface area contributed by atoms with E-state index in [1.54, 1.807) is 0 Å². The molecule has 6 heteroatoms. The van der Waals surface area contributed by atoms with E-state index in [1.165, 1.54) is 6.07 Å². The maximum atomic E-state index is 12.8. The maximum Gasteiger partial charge on any atom is 0.255 e. The van der Waals surface area contributed by atoms with Crippen LogP contribution in [0.15, 0.2) is 18.2 Å². The molecule has 19 heavy (non-hydrogen) atoms. The molecule has 0 aromatic heterocycles. The Morgan fingerprint density at radius 3 is 2.84 bits per heavy atom. The predicted octanol–water partition coefficient (Wildman–Crippen LogP) is 0.166. The van der Waals surface area contributed by atoms with Gasteiger partial charge in [-0.2, -0.15) is 0 Å². The van der Waals surface area contributed by atoms with Gasteiger partial charge in [0.15, 0.2) is 0 Å². The van der Waals surface area contributed by atoms with Crippen molar-refractivity contribution in [2.24, 2.45) is 0 Å². The largest absolute Gasteiger partial charge is 0.507 e. The van der Waals surface area contributed by atoms with Gasteiger partial charge in [-0.25, -0.2) is 4.39 Å². The van der Waals surface area contributed by atoms with Gasteiger partial charge in [0.25, 0.3) is 5.91 Å². The van der Waals surface area contributed by atoms with Crippen LogP contribution in [0.5, 0.6) is 5.75 Å². The second-order valence-corrected chi connectivity index (χ2v) is 4.51. The molecule has 5 nitrogen and oxygen atoms in total. The number of hydrogen-bond acceptors (Lipinski definition) is 4. The van der Waals surface area contributed by atoms with Gasteiger partial charge in [0, 0.05) is 45.3 Å². The molecule has 0 atom stereocenters. The maximum absolute atomic E-state index is 12.8. The quantitative estimate of drug-likeness (QED) is 0.727. The lowest BCUT2D eigenvalue weighted by atomic mass is 10.2. The van der Waals surface area contributed by atoms with E-state index in [2.05, 4.69) is 15.5 Å². The number of nitrogens with one attached hydrogen (secondary N) is 2. The summed E-state index contributed by atoms with van der Waals surface area (Å²) >= 11 is 0. The average molecular weight is 267 g/mol. The number of carbonyl (C=O) groups is 1. The zero-order chi connectivity index (χ0) is 13.7. The van der Waals surface area contributed by atoms with Crippen molar-refractivity contribution >= 4 is 5.91 Å². The summed E-state index contributed by atoms with van der Waals surface area (Å²) in [4.78, 5) is 14.0. The van der Waals surface area contributed by atoms with Crippen molar-refractivity contribution in [3.05, 3.63) is 29.6 Å². The molecule has 104 valence electrons. The third-order valence-electron chi connectivity index (χ3n) is 3.13. The minimum absolute atomic E-state index is 0.0988. The van der Waals surface area contributed by atoms with Crippen LogP contribution in [0.3, 0.4) is 0 Å². The van der Waals surface area contributed by atoms with Crippen molar-refractivity contribution in [3.63, 3.8) is 0 Å². The summed E-state index contributed by atoms with van der Waals surface area (Å²) in [6.07, 6.45) is 0. The Balaban J connectivity index is 1.80. The lowest BCUT2D eigenvalue weighted by molar-refractivity contribution is 0.0944. The Morgan fingerprint density at radius 1 is 1.42 bits per heavy atom. The Kier molecular flexibility index (Phi) is 4.70. The first-order valence-corrected chi connectivity index (χ1v) is 6.36. The van der Waals surface area contributed by atoms with Gasteiger partial charge in [-0.1, -0.05) is 0 Å². The molecule has 1 aliphatic heterocycles. The van der Waals surface area contributed by atoms with E-state index in [0.717, 1.165) is 44.9 Å². The van der Waals surface area contributed by atoms with Crippen LogP contribution in [0.4, 0.5) is 4.39 Å². The van der Waals surface area contributed by atoms with Gasteiger partial charge in [0.2, 0.25) is 0 Å². The van der Waals surface area contributed by atoms with Crippen molar-refractivity contribution in [1.29, 1.82) is 0 Å².